The number of hydrogen-bond acceptors (Lipinski definition) is 6. The molecular weight excluding hydrogens is 352 g/mol. The quantitative estimate of drug-likeness (QED) is 0.819. The van der Waals surface area contributed by atoms with Crippen molar-refractivity contribution in [3.63, 3.8) is 0 Å². The van der Waals surface area contributed by atoms with Gasteiger partial charge in [-0.1, -0.05) is 12.1 Å². The van der Waals surface area contributed by atoms with E-state index in [0.29, 0.717) is 23.6 Å². The Morgan fingerprint density at radius 2 is 2.27 bits per heavy atom. The molecule has 4 rings (SSSR count). The Hall–Kier alpha value is -2.51. The van der Waals surface area contributed by atoms with Crippen molar-refractivity contribution in [1.82, 2.24) is 9.88 Å². The van der Waals surface area contributed by atoms with E-state index < -0.39 is 17.7 Å². The van der Waals surface area contributed by atoms with Crippen LogP contribution in [0, 0.1) is 0 Å². The molecule has 0 aromatic carbocycles. The Morgan fingerprint density at radius 3 is 2.92 bits per heavy atom. The van der Waals surface area contributed by atoms with Crippen molar-refractivity contribution in [2.45, 2.75) is 25.0 Å². The lowest BCUT2D eigenvalue weighted by Crippen LogP contribution is -2.37. The highest BCUT2D eigenvalue weighted by atomic mass is 32.1. The van der Waals surface area contributed by atoms with Gasteiger partial charge in [0, 0.05) is 25.5 Å². The molecule has 2 aromatic heterocycles. The van der Waals surface area contributed by atoms with Crippen LogP contribution in [0.3, 0.4) is 0 Å². The predicted molar refractivity (Wildman–Crippen MR) is 96.0 cm³/mol. The van der Waals surface area contributed by atoms with Crippen LogP contribution in [0.15, 0.2) is 53.4 Å². The summed E-state index contributed by atoms with van der Waals surface area (Å²) in [7, 11) is 0. The van der Waals surface area contributed by atoms with Crippen molar-refractivity contribution in [3.8, 4) is 0 Å². The topological polar surface area (TPSA) is 79.7 Å². The normalized spacial score (nSPS) is 23.1. The highest BCUT2D eigenvalue weighted by Crippen LogP contribution is 2.39. The molecule has 0 spiro atoms. The molecule has 2 atom stereocenters. The van der Waals surface area contributed by atoms with Gasteiger partial charge in [-0.05, 0) is 35.9 Å². The zero-order valence-electron chi connectivity index (χ0n) is 14.0. The lowest BCUT2D eigenvalue weighted by atomic mass is 9.96. The Morgan fingerprint density at radius 1 is 1.38 bits per heavy atom. The fourth-order valence-corrected chi connectivity index (χ4v) is 4.18. The molecule has 2 aliphatic heterocycles. The molecule has 1 amide bonds. The van der Waals surface area contributed by atoms with E-state index in [1.54, 1.807) is 36.0 Å². The second-order valence-corrected chi connectivity index (χ2v) is 7.30. The highest BCUT2D eigenvalue weighted by molar-refractivity contribution is 7.12. The Kier molecular flexibility index (Phi) is 4.57. The van der Waals surface area contributed by atoms with E-state index in [9.17, 15) is 14.7 Å². The third kappa shape index (κ3) is 2.93. The Balaban J connectivity index is 1.74. The van der Waals surface area contributed by atoms with Crippen LogP contribution in [0.4, 0.5) is 0 Å². The minimum Gasteiger partial charge on any atom is -0.503 e. The summed E-state index contributed by atoms with van der Waals surface area (Å²) in [5.74, 6) is -1.33. The first-order chi connectivity index (χ1) is 12.7. The summed E-state index contributed by atoms with van der Waals surface area (Å²) in [5.41, 5.74) is 0.811. The van der Waals surface area contributed by atoms with Crippen molar-refractivity contribution in [1.29, 1.82) is 0 Å². The zero-order valence-corrected chi connectivity index (χ0v) is 14.8. The molecule has 2 aromatic rings. The number of pyridine rings is 1. The molecule has 0 saturated carbocycles. The zero-order chi connectivity index (χ0) is 18.1. The molecule has 134 valence electrons. The fourth-order valence-electron chi connectivity index (χ4n) is 3.51. The van der Waals surface area contributed by atoms with E-state index in [1.807, 2.05) is 6.07 Å². The number of amides is 1. The third-order valence-corrected chi connectivity index (χ3v) is 5.59. The van der Waals surface area contributed by atoms with Crippen molar-refractivity contribution in [2.75, 3.05) is 13.2 Å². The second kappa shape index (κ2) is 7.01. The molecule has 0 aliphatic carbocycles. The molecule has 2 unspecified atom stereocenters. The van der Waals surface area contributed by atoms with E-state index in [2.05, 4.69) is 4.98 Å². The molecule has 6 nitrogen and oxygen atoms in total. The number of aliphatic hydroxyl groups is 1. The van der Waals surface area contributed by atoms with Gasteiger partial charge in [0.1, 0.15) is 0 Å². The van der Waals surface area contributed by atoms with Gasteiger partial charge >= 0.3 is 0 Å². The molecule has 1 fully saturated rings. The molecule has 1 N–H and O–H groups in total. The first-order valence-electron chi connectivity index (χ1n) is 8.50. The summed E-state index contributed by atoms with van der Waals surface area (Å²) >= 11 is 1.29. The van der Waals surface area contributed by atoms with Crippen LogP contribution in [-0.2, 0) is 9.53 Å². The van der Waals surface area contributed by atoms with E-state index >= 15 is 0 Å². The Bertz CT molecular complexity index is 842. The number of aliphatic hydroxyl groups excluding tert-OH is 1. The molecule has 0 bridgehead atoms. The van der Waals surface area contributed by atoms with Crippen molar-refractivity contribution < 1.29 is 19.4 Å². The smallest absolute Gasteiger partial charge is 0.290 e. The summed E-state index contributed by atoms with van der Waals surface area (Å²) in [5, 5.41) is 12.3. The number of Topliss-reactive ketones (excluding diaryl/α,β-unsaturated/α-hetero) is 1. The minimum absolute atomic E-state index is 0.0814. The van der Waals surface area contributed by atoms with Gasteiger partial charge < -0.3 is 14.7 Å². The average Bonchev–Trinajstić information content (AvgIpc) is 3.40. The Labute approximate surface area is 154 Å². The van der Waals surface area contributed by atoms with Crippen LogP contribution < -0.4 is 0 Å². The number of nitrogens with zero attached hydrogens (tertiary/aromatic N) is 2. The molecule has 7 heteroatoms. The first kappa shape index (κ1) is 16.9. The minimum atomic E-state index is -0.657. The lowest BCUT2D eigenvalue weighted by molar-refractivity contribution is -0.131. The van der Waals surface area contributed by atoms with Gasteiger partial charge in [0.25, 0.3) is 5.91 Å². The molecule has 26 heavy (non-hydrogen) atoms. The molecule has 0 radical (unpaired) electrons. The van der Waals surface area contributed by atoms with Crippen LogP contribution in [0.25, 0.3) is 0 Å². The number of aromatic nitrogens is 1. The van der Waals surface area contributed by atoms with E-state index in [1.165, 1.54) is 16.2 Å². The number of ketones is 1. The second-order valence-electron chi connectivity index (χ2n) is 6.35. The van der Waals surface area contributed by atoms with Crippen LogP contribution >= 0.6 is 11.3 Å². The maximum atomic E-state index is 13.0. The van der Waals surface area contributed by atoms with Crippen molar-refractivity contribution in [2.24, 2.45) is 0 Å². The SMILES string of the molecule is O=C(C1=C(O)C(=O)N(CC2CCCO2)C1c1cccnc1)c1cccs1. The van der Waals surface area contributed by atoms with Crippen LogP contribution in [0.5, 0.6) is 0 Å². The number of carbonyl (C=O) groups is 2. The largest absolute Gasteiger partial charge is 0.503 e. The first-order valence-corrected chi connectivity index (χ1v) is 9.38. The standard InChI is InChI=1S/C19H18N2O4S/c22-17(14-6-3-9-26-14)15-16(12-4-1-7-20-10-12)21(19(24)18(15)23)11-13-5-2-8-25-13/h1,3-4,6-7,9-10,13,16,23H,2,5,8,11H2. The number of carbonyl (C=O) groups excluding carboxylic acids is 2. The fraction of sp³-hybridized carbons (Fsp3) is 0.316. The maximum Gasteiger partial charge on any atom is 0.290 e. The van der Waals surface area contributed by atoms with Crippen LogP contribution in [0.2, 0.25) is 0 Å². The third-order valence-electron chi connectivity index (χ3n) is 4.72. The summed E-state index contributed by atoms with van der Waals surface area (Å²) in [4.78, 5) is 31.9. The van der Waals surface area contributed by atoms with Crippen molar-refractivity contribution >= 4 is 23.0 Å². The number of rotatable bonds is 5. The molecule has 4 heterocycles. The molecular formula is C19H18N2O4S. The van der Waals surface area contributed by atoms with Gasteiger partial charge in [0.2, 0.25) is 5.78 Å². The van der Waals surface area contributed by atoms with Gasteiger partial charge in [-0.25, -0.2) is 0 Å². The van der Waals surface area contributed by atoms with Gasteiger partial charge in [-0.2, -0.15) is 0 Å². The van der Waals surface area contributed by atoms with E-state index in [0.717, 1.165) is 12.8 Å². The monoisotopic (exact) mass is 370 g/mol. The predicted octanol–water partition coefficient (Wildman–Crippen LogP) is 2.90. The number of thiophene rings is 1. The molecule has 2 aliphatic rings. The van der Waals surface area contributed by atoms with E-state index in [-0.39, 0.29) is 17.5 Å². The number of hydrogen-bond donors (Lipinski definition) is 1. The summed E-state index contributed by atoms with van der Waals surface area (Å²) < 4.78 is 5.66. The van der Waals surface area contributed by atoms with Gasteiger partial charge in [0.05, 0.1) is 22.6 Å². The van der Waals surface area contributed by atoms with Crippen molar-refractivity contribution in [3.05, 3.63) is 63.8 Å². The highest BCUT2D eigenvalue weighted by Gasteiger charge is 2.45. The average molecular weight is 370 g/mol. The molecule has 1 saturated heterocycles. The summed E-state index contributed by atoms with van der Waals surface area (Å²) in [6, 6.07) is 6.38. The number of ether oxygens (including phenoxy) is 1. The van der Waals surface area contributed by atoms with E-state index in [4.69, 9.17) is 4.74 Å². The lowest BCUT2D eigenvalue weighted by Gasteiger charge is -2.28. The van der Waals surface area contributed by atoms with Gasteiger partial charge in [0.15, 0.2) is 5.76 Å². The van der Waals surface area contributed by atoms with Crippen LogP contribution in [-0.4, -0.2) is 45.9 Å². The summed E-state index contributed by atoms with van der Waals surface area (Å²) in [6.07, 6.45) is 4.99. The van der Waals surface area contributed by atoms with Gasteiger partial charge in [-0.15, -0.1) is 11.3 Å². The summed E-state index contributed by atoms with van der Waals surface area (Å²) in [6.45, 7) is 1.01. The van der Waals surface area contributed by atoms with Crippen LogP contribution in [0.1, 0.15) is 34.1 Å². The van der Waals surface area contributed by atoms with Gasteiger partial charge in [-0.3, -0.25) is 14.6 Å². The maximum absolute atomic E-state index is 13.0.